The highest BCUT2D eigenvalue weighted by atomic mass is 16.3. The minimum absolute atomic E-state index is 0.0561. The third-order valence-electron chi connectivity index (χ3n) is 4.17. The van der Waals surface area contributed by atoms with Crippen LogP contribution in [0, 0.1) is 12.8 Å². The summed E-state index contributed by atoms with van der Waals surface area (Å²) in [5, 5.41) is 23.9. The Labute approximate surface area is 128 Å². The van der Waals surface area contributed by atoms with Crippen LogP contribution in [0.1, 0.15) is 23.4 Å². The quantitative estimate of drug-likeness (QED) is 0.746. The summed E-state index contributed by atoms with van der Waals surface area (Å²) < 4.78 is 0. The van der Waals surface area contributed by atoms with Crippen molar-refractivity contribution in [2.24, 2.45) is 5.92 Å². The fourth-order valence-corrected chi connectivity index (χ4v) is 2.93. The van der Waals surface area contributed by atoms with Crippen molar-refractivity contribution in [1.29, 1.82) is 0 Å². The summed E-state index contributed by atoms with van der Waals surface area (Å²) in [6, 6.07) is 1.98. The molecule has 7 nitrogen and oxygen atoms in total. The molecule has 22 heavy (non-hydrogen) atoms. The third-order valence-corrected chi connectivity index (χ3v) is 4.17. The van der Waals surface area contributed by atoms with Gasteiger partial charge in [-0.25, -0.2) is 0 Å². The van der Waals surface area contributed by atoms with E-state index in [1.54, 1.807) is 17.3 Å². The van der Waals surface area contributed by atoms with Crippen LogP contribution in [0.25, 0.3) is 0 Å². The minimum Gasteiger partial charge on any atom is -0.391 e. The molecule has 0 aromatic carbocycles. The van der Waals surface area contributed by atoms with Crippen molar-refractivity contribution < 1.29 is 9.90 Å². The Balaban J connectivity index is 1.52. The maximum Gasteiger partial charge on any atom is 0.223 e. The van der Waals surface area contributed by atoms with E-state index in [4.69, 9.17) is 0 Å². The van der Waals surface area contributed by atoms with Gasteiger partial charge in [0.1, 0.15) is 0 Å². The summed E-state index contributed by atoms with van der Waals surface area (Å²) in [5.74, 6) is 0.140. The average Bonchev–Trinajstić information content (AvgIpc) is 3.20. The highest BCUT2D eigenvalue weighted by molar-refractivity contribution is 5.76. The molecule has 3 rings (SSSR count). The molecule has 118 valence electrons. The lowest BCUT2D eigenvalue weighted by Gasteiger charge is -2.15. The number of amides is 1. The van der Waals surface area contributed by atoms with E-state index in [0.29, 0.717) is 32.4 Å². The molecule has 0 bridgehead atoms. The van der Waals surface area contributed by atoms with Crippen LogP contribution in [-0.2, 0) is 17.6 Å². The number of likely N-dealkylation sites (tertiary alicyclic amines) is 1. The Morgan fingerprint density at radius 1 is 1.50 bits per heavy atom. The number of carbonyl (C=O) groups excluding carboxylic acids is 1. The van der Waals surface area contributed by atoms with Gasteiger partial charge in [-0.05, 0) is 31.4 Å². The number of aryl methyl sites for hydroxylation is 2. The first-order valence-electron chi connectivity index (χ1n) is 7.56. The molecule has 1 aliphatic heterocycles. The molecule has 2 atom stereocenters. The Morgan fingerprint density at radius 2 is 2.36 bits per heavy atom. The number of aliphatic hydroxyl groups excluding tert-OH is 1. The molecule has 2 aromatic heterocycles. The second-order valence-corrected chi connectivity index (χ2v) is 5.98. The van der Waals surface area contributed by atoms with Gasteiger partial charge in [0.25, 0.3) is 0 Å². The van der Waals surface area contributed by atoms with E-state index in [0.717, 1.165) is 17.0 Å². The van der Waals surface area contributed by atoms with Crippen LogP contribution in [0.4, 0.5) is 0 Å². The summed E-state index contributed by atoms with van der Waals surface area (Å²) >= 11 is 0. The maximum atomic E-state index is 12.3. The number of aromatic amines is 2. The lowest BCUT2D eigenvalue weighted by atomic mass is 10.0. The van der Waals surface area contributed by atoms with Crippen LogP contribution in [-0.4, -0.2) is 55.5 Å². The molecule has 0 radical (unpaired) electrons. The molecule has 0 aliphatic carbocycles. The Morgan fingerprint density at radius 3 is 3.05 bits per heavy atom. The van der Waals surface area contributed by atoms with Crippen molar-refractivity contribution >= 4 is 5.91 Å². The van der Waals surface area contributed by atoms with Gasteiger partial charge in [-0.1, -0.05) is 0 Å². The smallest absolute Gasteiger partial charge is 0.223 e. The second kappa shape index (κ2) is 6.31. The van der Waals surface area contributed by atoms with Gasteiger partial charge in [-0.15, -0.1) is 0 Å². The Hall–Kier alpha value is -2.15. The number of nitrogens with one attached hydrogen (secondary N) is 2. The molecule has 0 spiro atoms. The van der Waals surface area contributed by atoms with Crippen LogP contribution >= 0.6 is 0 Å². The van der Waals surface area contributed by atoms with Crippen molar-refractivity contribution in [3.8, 4) is 0 Å². The minimum atomic E-state index is -0.477. The predicted molar refractivity (Wildman–Crippen MR) is 80.0 cm³/mol. The molecule has 2 aromatic rings. The number of hydrogen-bond acceptors (Lipinski definition) is 4. The molecular weight excluding hydrogens is 282 g/mol. The van der Waals surface area contributed by atoms with E-state index in [1.807, 2.05) is 13.0 Å². The first-order chi connectivity index (χ1) is 10.6. The fraction of sp³-hybridized carbons (Fsp3) is 0.533. The molecule has 1 amide bonds. The molecule has 3 N–H and O–H groups in total. The zero-order valence-electron chi connectivity index (χ0n) is 12.6. The monoisotopic (exact) mass is 303 g/mol. The summed E-state index contributed by atoms with van der Waals surface area (Å²) in [4.78, 5) is 14.0. The van der Waals surface area contributed by atoms with Crippen LogP contribution in [0.5, 0.6) is 0 Å². The highest BCUT2D eigenvalue weighted by Gasteiger charge is 2.34. The van der Waals surface area contributed by atoms with E-state index in [9.17, 15) is 9.90 Å². The number of aromatic nitrogens is 4. The molecule has 1 aliphatic rings. The van der Waals surface area contributed by atoms with E-state index < -0.39 is 6.10 Å². The lowest BCUT2D eigenvalue weighted by molar-refractivity contribution is -0.130. The van der Waals surface area contributed by atoms with Crippen molar-refractivity contribution in [3.63, 3.8) is 0 Å². The fourth-order valence-electron chi connectivity index (χ4n) is 2.93. The van der Waals surface area contributed by atoms with E-state index in [-0.39, 0.29) is 11.8 Å². The molecule has 7 heteroatoms. The number of H-pyrrole nitrogens is 2. The van der Waals surface area contributed by atoms with Gasteiger partial charge in [0, 0.05) is 37.3 Å². The predicted octanol–water partition coefficient (Wildman–Crippen LogP) is 0.436. The van der Waals surface area contributed by atoms with Gasteiger partial charge >= 0.3 is 0 Å². The summed E-state index contributed by atoms with van der Waals surface area (Å²) in [6.07, 6.45) is 4.86. The normalized spacial score (nSPS) is 21.5. The van der Waals surface area contributed by atoms with Crippen molar-refractivity contribution in [3.05, 3.63) is 35.4 Å². The first-order valence-corrected chi connectivity index (χ1v) is 7.56. The highest BCUT2D eigenvalue weighted by Crippen LogP contribution is 2.22. The van der Waals surface area contributed by atoms with Gasteiger partial charge in [0.05, 0.1) is 18.0 Å². The molecular formula is C15H21N5O2. The average molecular weight is 303 g/mol. The molecule has 0 unspecified atom stereocenters. The number of β-amino-alcohol motifs (C(OH)–C–C–N with tert-alkyl or cyclic N) is 1. The topological polar surface area (TPSA) is 97.9 Å². The van der Waals surface area contributed by atoms with Crippen molar-refractivity contribution in [1.82, 2.24) is 25.3 Å². The Bertz CT molecular complexity index is 622. The number of rotatable bonds is 5. The first kappa shape index (κ1) is 14.8. The number of aliphatic hydroxyl groups is 1. The number of nitrogens with zero attached hydrogens (tertiary/aromatic N) is 3. The van der Waals surface area contributed by atoms with Gasteiger partial charge in [-0.2, -0.15) is 10.2 Å². The van der Waals surface area contributed by atoms with Gasteiger partial charge < -0.3 is 10.0 Å². The van der Waals surface area contributed by atoms with Crippen LogP contribution in [0.2, 0.25) is 0 Å². The van der Waals surface area contributed by atoms with E-state index >= 15 is 0 Å². The van der Waals surface area contributed by atoms with Gasteiger partial charge in [0.15, 0.2) is 0 Å². The van der Waals surface area contributed by atoms with Gasteiger partial charge in [-0.3, -0.25) is 15.0 Å². The van der Waals surface area contributed by atoms with Crippen molar-refractivity contribution in [2.75, 3.05) is 13.1 Å². The summed E-state index contributed by atoms with van der Waals surface area (Å²) in [6.45, 7) is 2.96. The van der Waals surface area contributed by atoms with Crippen molar-refractivity contribution in [2.45, 2.75) is 32.3 Å². The zero-order chi connectivity index (χ0) is 15.5. The summed E-state index contributed by atoms with van der Waals surface area (Å²) in [5.41, 5.74) is 2.97. The molecule has 1 saturated heterocycles. The maximum absolute atomic E-state index is 12.3. The SMILES string of the molecule is Cc1cc(C[C@@H]2CN(C(=O)CCc3cn[nH]c3)C[C@H]2O)n[nH]1. The van der Waals surface area contributed by atoms with Gasteiger partial charge in [0.2, 0.25) is 5.91 Å². The Kier molecular flexibility index (Phi) is 4.24. The standard InChI is InChI=1S/C15H21N5O2/c1-10-4-13(19-18-10)5-12-8-20(9-14(12)21)15(22)3-2-11-6-16-17-7-11/h4,6-7,12,14,21H,2-3,5,8-9H2,1H3,(H,16,17)(H,18,19)/t12-,14-/m1/s1. The number of carbonyl (C=O) groups is 1. The van der Waals surface area contributed by atoms with E-state index in [2.05, 4.69) is 20.4 Å². The van der Waals surface area contributed by atoms with Crippen LogP contribution in [0.15, 0.2) is 18.5 Å². The summed E-state index contributed by atoms with van der Waals surface area (Å²) in [7, 11) is 0. The number of hydrogen-bond donors (Lipinski definition) is 3. The third kappa shape index (κ3) is 3.36. The largest absolute Gasteiger partial charge is 0.391 e. The lowest BCUT2D eigenvalue weighted by Crippen LogP contribution is -2.29. The van der Waals surface area contributed by atoms with E-state index in [1.165, 1.54) is 0 Å². The molecule has 0 saturated carbocycles. The molecule has 1 fully saturated rings. The molecule has 3 heterocycles. The zero-order valence-corrected chi connectivity index (χ0v) is 12.6. The second-order valence-electron chi connectivity index (χ2n) is 5.98. The van der Waals surface area contributed by atoms with Crippen LogP contribution in [0.3, 0.4) is 0 Å². The van der Waals surface area contributed by atoms with Crippen LogP contribution < -0.4 is 0 Å².